The van der Waals surface area contributed by atoms with Gasteiger partial charge in [0, 0.05) is 25.9 Å². The number of hydrogen-bond acceptors (Lipinski definition) is 8. The minimum Gasteiger partial charge on any atom is -0.293 e. The minimum atomic E-state index is -0.419. The molecule has 2 heterocycles. The molecule has 224 valence electrons. The van der Waals surface area contributed by atoms with Crippen LogP contribution >= 0.6 is 48.0 Å². The van der Waals surface area contributed by atoms with Crippen LogP contribution in [0.2, 0.25) is 0 Å². The van der Waals surface area contributed by atoms with Gasteiger partial charge in [0.05, 0.1) is 9.81 Å². The monoisotopic (exact) mass is 652 g/mol. The zero-order valence-corrected chi connectivity index (χ0v) is 27.1. The third-order valence-electron chi connectivity index (χ3n) is 6.69. The second-order valence-corrected chi connectivity index (χ2v) is 13.5. The van der Waals surface area contributed by atoms with Crippen LogP contribution in [-0.4, -0.2) is 55.2 Å². The maximum atomic E-state index is 12.8. The maximum Gasteiger partial charge on any atom is 0.266 e. The molecule has 4 rings (SSSR count). The van der Waals surface area contributed by atoms with Gasteiger partial charge in [0.1, 0.15) is 8.64 Å². The molecule has 2 N–H and O–H groups in total. The van der Waals surface area contributed by atoms with Crippen molar-refractivity contribution in [1.82, 2.24) is 20.7 Å². The fourth-order valence-corrected chi connectivity index (χ4v) is 6.84. The summed E-state index contributed by atoms with van der Waals surface area (Å²) in [5.74, 6) is -1.06. The zero-order chi connectivity index (χ0) is 30.9. The fourth-order valence-electron chi connectivity index (χ4n) is 4.22. The second-order valence-electron chi connectivity index (χ2n) is 10.1. The lowest BCUT2D eigenvalue weighted by Crippen LogP contribution is -2.43. The molecule has 0 radical (unpaired) electrons. The largest absolute Gasteiger partial charge is 0.293 e. The molecule has 0 atom stereocenters. The Hall–Kier alpha value is -3.32. The van der Waals surface area contributed by atoms with Gasteiger partial charge in [-0.1, -0.05) is 114 Å². The summed E-state index contributed by atoms with van der Waals surface area (Å²) in [6.07, 6.45) is 5.88. The molecule has 2 aromatic rings. The summed E-state index contributed by atoms with van der Waals surface area (Å²) in [7, 11) is 0. The van der Waals surface area contributed by atoms with E-state index in [1.54, 1.807) is 11.0 Å². The highest BCUT2D eigenvalue weighted by molar-refractivity contribution is 8.27. The van der Waals surface area contributed by atoms with Gasteiger partial charge >= 0.3 is 0 Å². The molecular formula is C31H32N4O4S4. The van der Waals surface area contributed by atoms with Gasteiger partial charge in [-0.15, -0.1) is 0 Å². The van der Waals surface area contributed by atoms with E-state index in [1.807, 2.05) is 68.5 Å². The van der Waals surface area contributed by atoms with E-state index in [0.29, 0.717) is 37.8 Å². The lowest BCUT2D eigenvalue weighted by atomic mass is 10.1. The smallest absolute Gasteiger partial charge is 0.266 e. The molecule has 0 unspecified atom stereocenters. The van der Waals surface area contributed by atoms with Crippen molar-refractivity contribution >= 4 is 92.4 Å². The Morgan fingerprint density at radius 1 is 0.674 bits per heavy atom. The topological polar surface area (TPSA) is 98.8 Å². The molecule has 0 spiro atoms. The third-order valence-corrected chi connectivity index (χ3v) is 9.44. The molecular weight excluding hydrogens is 621 g/mol. The van der Waals surface area contributed by atoms with E-state index in [9.17, 15) is 19.2 Å². The van der Waals surface area contributed by atoms with Crippen molar-refractivity contribution in [3.05, 3.63) is 80.6 Å². The summed E-state index contributed by atoms with van der Waals surface area (Å²) in [4.78, 5) is 54.2. The number of hydrogen-bond donors (Lipinski definition) is 2. The molecule has 2 saturated heterocycles. The minimum absolute atomic E-state index is 0.00728. The van der Waals surface area contributed by atoms with E-state index in [-0.39, 0.29) is 37.1 Å². The Bertz CT molecular complexity index is 1490. The number of nitrogens with zero attached hydrogens (tertiary/aromatic N) is 2. The van der Waals surface area contributed by atoms with Gasteiger partial charge in [0.15, 0.2) is 0 Å². The summed E-state index contributed by atoms with van der Waals surface area (Å²) < 4.78 is 0.936. The predicted octanol–water partition coefficient (Wildman–Crippen LogP) is 5.50. The summed E-state index contributed by atoms with van der Waals surface area (Å²) >= 11 is 13.3. The SMILES string of the molecule is Cc1ccc(C=C2SC(=S)N(CCCCCC(=O)NNC(=O)CCN3C(=O)C(=Cc4ccc(C)cc4)SC3=S)C2=O)cc1. The van der Waals surface area contributed by atoms with Crippen LogP contribution in [0.4, 0.5) is 0 Å². The number of unbranched alkanes of at least 4 members (excludes halogenated alkanes) is 2. The highest BCUT2D eigenvalue weighted by Crippen LogP contribution is 2.33. The van der Waals surface area contributed by atoms with E-state index >= 15 is 0 Å². The number of thioether (sulfide) groups is 2. The molecule has 2 fully saturated rings. The van der Waals surface area contributed by atoms with Crippen LogP contribution in [-0.2, 0) is 19.2 Å². The normalized spacial score (nSPS) is 17.0. The van der Waals surface area contributed by atoms with Crippen molar-refractivity contribution in [3.63, 3.8) is 0 Å². The van der Waals surface area contributed by atoms with E-state index in [2.05, 4.69) is 10.9 Å². The number of thiocarbonyl (C=S) groups is 2. The lowest BCUT2D eigenvalue weighted by molar-refractivity contribution is -0.129. The number of carbonyl (C=O) groups excluding carboxylic acids is 4. The average molecular weight is 653 g/mol. The van der Waals surface area contributed by atoms with Crippen LogP contribution in [0.5, 0.6) is 0 Å². The van der Waals surface area contributed by atoms with Gasteiger partial charge in [0.25, 0.3) is 11.8 Å². The molecule has 0 saturated carbocycles. The molecule has 0 aliphatic carbocycles. The first-order valence-electron chi connectivity index (χ1n) is 13.8. The van der Waals surface area contributed by atoms with E-state index in [0.717, 1.165) is 28.7 Å². The first-order valence-corrected chi connectivity index (χ1v) is 16.3. The highest BCUT2D eigenvalue weighted by Gasteiger charge is 2.32. The second kappa shape index (κ2) is 15.4. The number of hydrazine groups is 1. The molecule has 12 heteroatoms. The van der Waals surface area contributed by atoms with Crippen molar-refractivity contribution in [2.24, 2.45) is 0 Å². The van der Waals surface area contributed by atoms with Gasteiger partial charge in [-0.05, 0) is 50.0 Å². The van der Waals surface area contributed by atoms with Gasteiger partial charge < -0.3 is 0 Å². The predicted molar refractivity (Wildman–Crippen MR) is 181 cm³/mol. The van der Waals surface area contributed by atoms with Crippen molar-refractivity contribution in [2.75, 3.05) is 13.1 Å². The molecule has 0 bridgehead atoms. The van der Waals surface area contributed by atoms with Crippen LogP contribution < -0.4 is 10.9 Å². The van der Waals surface area contributed by atoms with Crippen LogP contribution in [0.3, 0.4) is 0 Å². The van der Waals surface area contributed by atoms with Crippen molar-refractivity contribution in [1.29, 1.82) is 0 Å². The first kappa shape index (κ1) is 32.6. The fraction of sp³-hybridized carbons (Fsp3) is 0.290. The molecule has 2 aliphatic heterocycles. The first-order chi connectivity index (χ1) is 20.6. The van der Waals surface area contributed by atoms with E-state index < -0.39 is 5.91 Å². The Labute approximate surface area is 270 Å². The van der Waals surface area contributed by atoms with Crippen LogP contribution in [0, 0.1) is 13.8 Å². The third kappa shape index (κ3) is 9.33. The van der Waals surface area contributed by atoms with E-state index in [4.69, 9.17) is 24.4 Å². The molecule has 43 heavy (non-hydrogen) atoms. The van der Waals surface area contributed by atoms with Crippen molar-refractivity contribution < 1.29 is 19.2 Å². The maximum absolute atomic E-state index is 12.8. The van der Waals surface area contributed by atoms with Gasteiger partial charge in [0.2, 0.25) is 11.8 Å². The molecule has 2 aromatic carbocycles. The van der Waals surface area contributed by atoms with Crippen LogP contribution in [0.25, 0.3) is 12.2 Å². The number of rotatable bonds is 11. The average Bonchev–Trinajstić information content (AvgIpc) is 3.40. The Kier molecular flexibility index (Phi) is 11.7. The van der Waals surface area contributed by atoms with E-state index in [1.165, 1.54) is 28.4 Å². The molecule has 8 nitrogen and oxygen atoms in total. The Morgan fingerprint density at radius 3 is 1.60 bits per heavy atom. The quantitative estimate of drug-likeness (QED) is 0.142. The summed E-state index contributed by atoms with van der Waals surface area (Å²) in [5.41, 5.74) is 8.95. The number of aryl methyl sites for hydroxylation is 2. The Morgan fingerprint density at radius 2 is 1.12 bits per heavy atom. The van der Waals surface area contributed by atoms with Gasteiger partial charge in [-0.2, -0.15) is 0 Å². The highest BCUT2D eigenvalue weighted by atomic mass is 32.2. The molecule has 4 amide bonds. The van der Waals surface area contributed by atoms with Gasteiger partial charge in [-0.3, -0.25) is 39.8 Å². The van der Waals surface area contributed by atoms with Gasteiger partial charge in [-0.25, -0.2) is 0 Å². The number of amides is 4. The van der Waals surface area contributed by atoms with Crippen molar-refractivity contribution in [3.8, 4) is 0 Å². The zero-order valence-electron chi connectivity index (χ0n) is 23.9. The van der Waals surface area contributed by atoms with Crippen LogP contribution in [0.1, 0.15) is 54.4 Å². The number of nitrogens with one attached hydrogen (secondary N) is 2. The van der Waals surface area contributed by atoms with Crippen LogP contribution in [0.15, 0.2) is 58.3 Å². The molecule has 2 aliphatic rings. The Balaban J connectivity index is 1.11. The lowest BCUT2D eigenvalue weighted by Gasteiger charge is -2.15. The summed E-state index contributed by atoms with van der Waals surface area (Å²) in [5, 5.41) is 0. The van der Waals surface area contributed by atoms with Crippen molar-refractivity contribution in [2.45, 2.75) is 46.0 Å². The summed E-state index contributed by atoms with van der Waals surface area (Å²) in [6.45, 7) is 4.62. The number of benzene rings is 2. The molecule has 0 aromatic heterocycles. The standard InChI is InChI=1S/C31H32N4O4S4/c1-20-7-11-22(12-8-20)18-24-28(38)34(30(40)42-24)16-5-3-4-6-26(36)32-33-27(37)15-17-35-29(39)25(43-31(35)41)19-23-13-9-21(2)10-14-23/h7-14,18-19H,3-6,15-17H2,1-2H3,(H,32,36)(H,33,37). The summed E-state index contributed by atoms with van der Waals surface area (Å²) in [6, 6.07) is 15.7. The number of carbonyl (C=O) groups is 4.